The average Bonchev–Trinajstić information content (AvgIpc) is 2.84. The van der Waals surface area contributed by atoms with Crippen molar-refractivity contribution in [2.75, 3.05) is 0 Å². The van der Waals surface area contributed by atoms with Crippen molar-refractivity contribution in [1.29, 1.82) is 0 Å². The number of H-pyrrole nitrogens is 1. The second kappa shape index (κ2) is 3.95. The summed E-state index contributed by atoms with van der Waals surface area (Å²) >= 11 is 0. The Morgan fingerprint density at radius 3 is 3.13 bits per heavy atom. The summed E-state index contributed by atoms with van der Waals surface area (Å²) in [5.41, 5.74) is 0.506. The Balaban J connectivity index is 1.93. The van der Waals surface area contributed by atoms with Crippen molar-refractivity contribution in [3.8, 4) is 0 Å². The fourth-order valence-corrected chi connectivity index (χ4v) is 1.14. The summed E-state index contributed by atoms with van der Waals surface area (Å²) in [4.78, 5) is 15.4. The molecule has 2 heterocycles. The maximum absolute atomic E-state index is 11.5. The molecule has 0 radical (unpaired) electrons. The lowest BCUT2D eigenvalue weighted by Crippen LogP contribution is -2.22. The zero-order valence-corrected chi connectivity index (χ0v) is 8.15. The predicted molar refractivity (Wildman–Crippen MR) is 51.0 cm³/mol. The van der Waals surface area contributed by atoms with Crippen molar-refractivity contribution in [2.24, 2.45) is 0 Å². The number of carbonyl (C=O) groups excluding carboxylic acids is 1. The molecule has 0 spiro atoms. The van der Waals surface area contributed by atoms with Gasteiger partial charge in [-0.05, 0) is 13.0 Å². The van der Waals surface area contributed by atoms with Crippen molar-refractivity contribution in [3.05, 3.63) is 35.8 Å². The second-order valence-electron chi connectivity index (χ2n) is 3.06. The van der Waals surface area contributed by atoms with Crippen molar-refractivity contribution >= 4 is 5.91 Å². The molecule has 0 aliphatic heterocycles. The van der Waals surface area contributed by atoms with Gasteiger partial charge in [0.15, 0.2) is 0 Å². The summed E-state index contributed by atoms with van der Waals surface area (Å²) in [6, 6.07) is 1.68. The Labute approximate surface area is 85.7 Å². The van der Waals surface area contributed by atoms with Gasteiger partial charge in [0.2, 0.25) is 0 Å². The molecule has 0 aromatic carbocycles. The predicted octanol–water partition coefficient (Wildman–Crippen LogP) is 0.636. The largest absolute Gasteiger partial charge is 0.469 e. The Hall–Kier alpha value is -2.11. The topological polar surface area (TPSA) is 83.8 Å². The van der Waals surface area contributed by atoms with E-state index < -0.39 is 0 Å². The number of aromatic amines is 1. The molecule has 2 rings (SSSR count). The average molecular weight is 206 g/mol. The molecule has 0 saturated carbocycles. The third-order valence-corrected chi connectivity index (χ3v) is 1.87. The van der Waals surface area contributed by atoms with Crippen LogP contribution >= 0.6 is 0 Å². The van der Waals surface area contributed by atoms with Gasteiger partial charge in [-0.1, -0.05) is 0 Å². The van der Waals surface area contributed by atoms with Gasteiger partial charge in [0.1, 0.15) is 24.2 Å². The van der Waals surface area contributed by atoms with Crippen LogP contribution in [0, 0.1) is 6.92 Å². The Bertz CT molecular complexity index is 446. The van der Waals surface area contributed by atoms with Crippen LogP contribution in [0.5, 0.6) is 0 Å². The lowest BCUT2D eigenvalue weighted by atomic mass is 10.3. The lowest BCUT2D eigenvalue weighted by molar-refractivity contribution is 0.0949. The second-order valence-corrected chi connectivity index (χ2v) is 3.06. The van der Waals surface area contributed by atoms with Gasteiger partial charge in [-0.25, -0.2) is 4.98 Å². The number of hydrogen-bond donors (Lipinski definition) is 2. The lowest BCUT2D eigenvalue weighted by Gasteiger charge is -1.98. The minimum absolute atomic E-state index is 0.191. The molecule has 15 heavy (non-hydrogen) atoms. The molecule has 6 nitrogen and oxygen atoms in total. The first kappa shape index (κ1) is 9.45. The van der Waals surface area contributed by atoms with Gasteiger partial charge in [-0.3, -0.25) is 9.89 Å². The number of aryl methyl sites for hydroxylation is 1. The third-order valence-electron chi connectivity index (χ3n) is 1.87. The summed E-state index contributed by atoms with van der Waals surface area (Å²) in [6.45, 7) is 2.11. The van der Waals surface area contributed by atoms with Crippen LogP contribution in [0.1, 0.15) is 21.9 Å². The molecular formula is C9H10N4O2. The molecule has 0 aliphatic carbocycles. The quantitative estimate of drug-likeness (QED) is 0.771. The van der Waals surface area contributed by atoms with Crippen LogP contribution in [0.4, 0.5) is 0 Å². The summed E-state index contributed by atoms with van der Waals surface area (Å²) in [5.74, 6) is 1.13. The van der Waals surface area contributed by atoms with Gasteiger partial charge in [-0.15, -0.1) is 0 Å². The van der Waals surface area contributed by atoms with Crippen molar-refractivity contribution in [1.82, 2.24) is 20.5 Å². The molecule has 6 heteroatoms. The highest BCUT2D eigenvalue weighted by Crippen LogP contribution is 2.05. The van der Waals surface area contributed by atoms with E-state index >= 15 is 0 Å². The summed E-state index contributed by atoms with van der Waals surface area (Å²) in [7, 11) is 0. The SMILES string of the molecule is Cc1cc(C(=O)NCc2ncn[nH]2)co1. The van der Waals surface area contributed by atoms with Gasteiger partial charge in [-0.2, -0.15) is 5.10 Å². The minimum Gasteiger partial charge on any atom is -0.469 e. The van der Waals surface area contributed by atoms with Gasteiger partial charge >= 0.3 is 0 Å². The maximum atomic E-state index is 11.5. The van der Waals surface area contributed by atoms with E-state index in [9.17, 15) is 4.79 Å². The van der Waals surface area contributed by atoms with E-state index in [0.717, 1.165) is 0 Å². The maximum Gasteiger partial charge on any atom is 0.254 e. The van der Waals surface area contributed by atoms with E-state index in [4.69, 9.17) is 4.42 Å². The van der Waals surface area contributed by atoms with Crippen molar-refractivity contribution in [2.45, 2.75) is 13.5 Å². The van der Waals surface area contributed by atoms with Crippen LogP contribution < -0.4 is 5.32 Å². The van der Waals surface area contributed by atoms with E-state index in [0.29, 0.717) is 23.7 Å². The monoisotopic (exact) mass is 206 g/mol. The minimum atomic E-state index is -0.191. The molecule has 2 N–H and O–H groups in total. The number of hydrogen-bond acceptors (Lipinski definition) is 4. The van der Waals surface area contributed by atoms with Crippen molar-refractivity contribution < 1.29 is 9.21 Å². The Morgan fingerprint density at radius 2 is 2.53 bits per heavy atom. The fraction of sp³-hybridized carbons (Fsp3) is 0.222. The van der Waals surface area contributed by atoms with Crippen LogP contribution in [0.25, 0.3) is 0 Å². The number of amides is 1. The smallest absolute Gasteiger partial charge is 0.254 e. The summed E-state index contributed by atoms with van der Waals surface area (Å²) in [6.07, 6.45) is 2.81. The van der Waals surface area contributed by atoms with E-state index in [-0.39, 0.29) is 5.91 Å². The number of carbonyl (C=O) groups is 1. The summed E-state index contributed by atoms with van der Waals surface area (Å²) in [5, 5.41) is 9.00. The molecule has 0 atom stereocenters. The highest BCUT2D eigenvalue weighted by Gasteiger charge is 2.08. The molecule has 0 aliphatic rings. The zero-order valence-electron chi connectivity index (χ0n) is 8.15. The molecule has 0 fully saturated rings. The first-order valence-corrected chi connectivity index (χ1v) is 4.43. The normalized spacial score (nSPS) is 10.2. The summed E-state index contributed by atoms with van der Waals surface area (Å²) < 4.78 is 5.03. The van der Waals surface area contributed by atoms with Crippen LogP contribution in [0.3, 0.4) is 0 Å². The van der Waals surface area contributed by atoms with Gasteiger partial charge in [0.05, 0.1) is 12.1 Å². The molecule has 1 amide bonds. The van der Waals surface area contributed by atoms with Gasteiger partial charge < -0.3 is 9.73 Å². The number of nitrogens with zero attached hydrogens (tertiary/aromatic N) is 2. The Morgan fingerprint density at radius 1 is 1.67 bits per heavy atom. The van der Waals surface area contributed by atoms with E-state index in [1.807, 2.05) is 0 Å². The van der Waals surface area contributed by atoms with Crippen LogP contribution in [0.15, 0.2) is 23.1 Å². The number of rotatable bonds is 3. The third kappa shape index (κ3) is 2.22. The molecule has 2 aromatic heterocycles. The number of aromatic nitrogens is 3. The highest BCUT2D eigenvalue weighted by molar-refractivity contribution is 5.93. The molecule has 2 aromatic rings. The van der Waals surface area contributed by atoms with Crippen LogP contribution in [-0.4, -0.2) is 21.1 Å². The molecule has 0 saturated heterocycles. The van der Waals surface area contributed by atoms with Crippen molar-refractivity contribution in [3.63, 3.8) is 0 Å². The number of nitrogens with one attached hydrogen (secondary N) is 2. The van der Waals surface area contributed by atoms with Crippen LogP contribution in [-0.2, 0) is 6.54 Å². The molecular weight excluding hydrogens is 196 g/mol. The standard InChI is InChI=1S/C9H10N4O2/c1-6-2-7(4-15-6)9(14)10-3-8-11-5-12-13-8/h2,4-5H,3H2,1H3,(H,10,14)(H,11,12,13). The molecule has 0 unspecified atom stereocenters. The molecule has 78 valence electrons. The van der Waals surface area contributed by atoms with Crippen LogP contribution in [0.2, 0.25) is 0 Å². The number of furan rings is 1. The van der Waals surface area contributed by atoms with Gasteiger partial charge in [0.25, 0.3) is 5.91 Å². The highest BCUT2D eigenvalue weighted by atomic mass is 16.3. The van der Waals surface area contributed by atoms with E-state index in [1.165, 1.54) is 12.6 Å². The van der Waals surface area contributed by atoms with E-state index in [1.54, 1.807) is 13.0 Å². The molecule has 0 bridgehead atoms. The first-order valence-electron chi connectivity index (χ1n) is 4.43. The fourth-order valence-electron chi connectivity index (χ4n) is 1.14. The first-order chi connectivity index (χ1) is 7.25. The van der Waals surface area contributed by atoms with Gasteiger partial charge in [0, 0.05) is 0 Å². The zero-order chi connectivity index (χ0) is 10.7. The Kier molecular flexibility index (Phi) is 2.49. The van der Waals surface area contributed by atoms with E-state index in [2.05, 4.69) is 20.5 Å².